The molecule has 0 radical (unpaired) electrons. The molecule has 3 rings (SSSR count). The molecular formula is C15H21N3O3. The van der Waals surface area contributed by atoms with Crippen LogP contribution in [0.1, 0.15) is 49.7 Å². The van der Waals surface area contributed by atoms with Gasteiger partial charge >= 0.3 is 0 Å². The Kier molecular flexibility index (Phi) is 3.26. The first-order valence-corrected chi connectivity index (χ1v) is 7.49. The van der Waals surface area contributed by atoms with Crippen LogP contribution in [-0.4, -0.2) is 45.4 Å². The molecule has 0 saturated carbocycles. The maximum absolute atomic E-state index is 12.8. The first-order chi connectivity index (χ1) is 9.93. The topological polar surface area (TPSA) is 66.7 Å². The summed E-state index contributed by atoms with van der Waals surface area (Å²) in [6.45, 7) is 8.16. The Morgan fingerprint density at radius 2 is 2.00 bits per heavy atom. The molecule has 3 atom stereocenters. The van der Waals surface area contributed by atoms with Crippen LogP contribution in [0.5, 0.6) is 0 Å². The average molecular weight is 291 g/mol. The van der Waals surface area contributed by atoms with E-state index < -0.39 is 6.04 Å². The maximum atomic E-state index is 12.8. The molecule has 2 amide bonds. The lowest BCUT2D eigenvalue weighted by Gasteiger charge is -2.43. The van der Waals surface area contributed by atoms with E-state index in [4.69, 9.17) is 4.52 Å². The van der Waals surface area contributed by atoms with Crippen LogP contribution in [0.4, 0.5) is 0 Å². The molecule has 2 aliphatic rings. The highest BCUT2D eigenvalue weighted by molar-refractivity contribution is 5.97. The summed E-state index contributed by atoms with van der Waals surface area (Å²) in [7, 11) is 0. The van der Waals surface area contributed by atoms with Gasteiger partial charge < -0.3 is 14.3 Å². The Morgan fingerprint density at radius 1 is 1.29 bits per heavy atom. The molecule has 6 nitrogen and oxygen atoms in total. The Morgan fingerprint density at radius 3 is 2.62 bits per heavy atom. The number of amides is 2. The van der Waals surface area contributed by atoms with Crippen LogP contribution in [0.3, 0.4) is 0 Å². The van der Waals surface area contributed by atoms with Crippen LogP contribution in [0.25, 0.3) is 0 Å². The van der Waals surface area contributed by atoms with Gasteiger partial charge in [0, 0.05) is 12.1 Å². The summed E-state index contributed by atoms with van der Waals surface area (Å²) >= 11 is 0. The van der Waals surface area contributed by atoms with Gasteiger partial charge in [-0.15, -0.1) is 0 Å². The van der Waals surface area contributed by atoms with E-state index in [1.807, 2.05) is 27.7 Å². The third kappa shape index (κ3) is 1.96. The highest BCUT2D eigenvalue weighted by Gasteiger charge is 2.48. The number of carbonyl (C=O) groups excluding carboxylic acids is 2. The molecule has 0 aromatic carbocycles. The highest BCUT2D eigenvalue weighted by Crippen LogP contribution is 2.34. The van der Waals surface area contributed by atoms with E-state index in [2.05, 4.69) is 5.16 Å². The van der Waals surface area contributed by atoms with Crippen LogP contribution < -0.4 is 0 Å². The zero-order chi connectivity index (χ0) is 15.3. The van der Waals surface area contributed by atoms with Crippen molar-refractivity contribution >= 4 is 11.8 Å². The van der Waals surface area contributed by atoms with Gasteiger partial charge in [0.1, 0.15) is 17.8 Å². The molecule has 21 heavy (non-hydrogen) atoms. The van der Waals surface area contributed by atoms with Crippen molar-refractivity contribution in [2.75, 3.05) is 6.54 Å². The summed E-state index contributed by atoms with van der Waals surface area (Å²) in [5.74, 6) is 0.809. The van der Waals surface area contributed by atoms with Crippen LogP contribution >= 0.6 is 0 Å². The quantitative estimate of drug-likeness (QED) is 0.829. The average Bonchev–Trinajstić information content (AvgIpc) is 3.04. The number of piperazine rings is 1. The SMILES string of the molecule is Cc1noc(C)c1C(C)N1C(=O)C2CCCN2C(=O)C1C. The van der Waals surface area contributed by atoms with E-state index in [-0.39, 0.29) is 23.9 Å². The van der Waals surface area contributed by atoms with Gasteiger partial charge in [-0.1, -0.05) is 5.16 Å². The number of hydrogen-bond donors (Lipinski definition) is 0. The fourth-order valence-corrected chi connectivity index (χ4v) is 3.76. The normalized spacial score (nSPS) is 27.2. The Bertz CT molecular complexity index is 575. The summed E-state index contributed by atoms with van der Waals surface area (Å²) in [6, 6.07) is -0.919. The minimum atomic E-state index is -0.435. The molecule has 2 saturated heterocycles. The Hall–Kier alpha value is -1.85. The summed E-state index contributed by atoms with van der Waals surface area (Å²) in [4.78, 5) is 28.8. The molecule has 1 aromatic heterocycles. The minimum absolute atomic E-state index is 0.0482. The molecule has 114 valence electrons. The molecule has 0 spiro atoms. The van der Waals surface area contributed by atoms with Gasteiger partial charge in [0.2, 0.25) is 11.8 Å². The fraction of sp³-hybridized carbons (Fsp3) is 0.667. The number of nitrogens with zero attached hydrogens (tertiary/aromatic N) is 3. The van der Waals surface area contributed by atoms with Crippen LogP contribution in [0.2, 0.25) is 0 Å². The van der Waals surface area contributed by atoms with Crippen molar-refractivity contribution in [2.24, 2.45) is 0 Å². The van der Waals surface area contributed by atoms with Crippen LogP contribution in [0.15, 0.2) is 4.52 Å². The van der Waals surface area contributed by atoms with E-state index >= 15 is 0 Å². The molecule has 6 heteroatoms. The molecule has 3 heterocycles. The summed E-state index contributed by atoms with van der Waals surface area (Å²) in [6.07, 6.45) is 1.67. The molecule has 0 N–H and O–H groups in total. The van der Waals surface area contributed by atoms with E-state index in [9.17, 15) is 9.59 Å². The number of aromatic nitrogens is 1. The predicted octanol–water partition coefficient (Wildman–Crippen LogP) is 1.57. The predicted molar refractivity (Wildman–Crippen MR) is 75.4 cm³/mol. The lowest BCUT2D eigenvalue weighted by molar-refractivity contribution is -0.161. The lowest BCUT2D eigenvalue weighted by atomic mass is 9.98. The van der Waals surface area contributed by atoms with Crippen LogP contribution in [0, 0.1) is 13.8 Å². The van der Waals surface area contributed by atoms with Gasteiger partial charge in [-0.25, -0.2) is 0 Å². The Labute approximate surface area is 124 Å². The van der Waals surface area contributed by atoms with E-state index in [0.29, 0.717) is 12.3 Å². The van der Waals surface area contributed by atoms with E-state index in [1.165, 1.54) is 0 Å². The first-order valence-electron chi connectivity index (χ1n) is 7.49. The zero-order valence-corrected chi connectivity index (χ0v) is 12.9. The monoisotopic (exact) mass is 291 g/mol. The molecule has 2 aliphatic heterocycles. The van der Waals surface area contributed by atoms with Crippen molar-refractivity contribution in [2.45, 2.75) is 58.7 Å². The van der Waals surface area contributed by atoms with Crippen molar-refractivity contribution in [3.8, 4) is 0 Å². The number of fused-ring (bicyclic) bond motifs is 1. The third-order valence-electron chi connectivity index (χ3n) is 4.77. The van der Waals surface area contributed by atoms with Gasteiger partial charge in [-0.05, 0) is 40.5 Å². The van der Waals surface area contributed by atoms with Crippen molar-refractivity contribution < 1.29 is 14.1 Å². The second-order valence-electron chi connectivity index (χ2n) is 6.02. The Balaban J connectivity index is 1.97. The third-order valence-corrected chi connectivity index (χ3v) is 4.77. The standard InChI is InChI=1S/C15H21N3O3/c1-8-13(11(4)21-16-8)9(2)18-10(3)14(19)17-7-5-6-12(17)15(18)20/h9-10,12H,5-7H2,1-4H3. The van der Waals surface area contributed by atoms with Gasteiger partial charge in [-0.3, -0.25) is 9.59 Å². The second kappa shape index (κ2) is 4.86. The summed E-state index contributed by atoms with van der Waals surface area (Å²) in [5.41, 5.74) is 1.69. The van der Waals surface area contributed by atoms with E-state index in [0.717, 1.165) is 24.1 Å². The number of carbonyl (C=O) groups is 2. The minimum Gasteiger partial charge on any atom is -0.361 e. The molecule has 0 bridgehead atoms. The number of hydrogen-bond acceptors (Lipinski definition) is 4. The molecule has 0 aliphatic carbocycles. The molecule has 1 aromatic rings. The molecular weight excluding hydrogens is 270 g/mol. The zero-order valence-electron chi connectivity index (χ0n) is 12.9. The van der Waals surface area contributed by atoms with Crippen molar-refractivity contribution in [3.63, 3.8) is 0 Å². The van der Waals surface area contributed by atoms with Crippen molar-refractivity contribution in [3.05, 3.63) is 17.0 Å². The van der Waals surface area contributed by atoms with Gasteiger partial charge in [0.25, 0.3) is 0 Å². The van der Waals surface area contributed by atoms with Gasteiger partial charge in [0.05, 0.1) is 11.7 Å². The number of rotatable bonds is 2. The summed E-state index contributed by atoms with van der Waals surface area (Å²) < 4.78 is 5.21. The number of aryl methyl sites for hydroxylation is 2. The van der Waals surface area contributed by atoms with Crippen molar-refractivity contribution in [1.82, 2.24) is 15.0 Å². The molecule has 2 fully saturated rings. The van der Waals surface area contributed by atoms with Crippen LogP contribution in [-0.2, 0) is 9.59 Å². The highest BCUT2D eigenvalue weighted by atomic mass is 16.5. The largest absolute Gasteiger partial charge is 0.361 e. The maximum Gasteiger partial charge on any atom is 0.246 e. The van der Waals surface area contributed by atoms with Gasteiger partial charge in [-0.2, -0.15) is 0 Å². The smallest absolute Gasteiger partial charge is 0.246 e. The summed E-state index contributed by atoms with van der Waals surface area (Å²) in [5, 5.41) is 3.96. The second-order valence-corrected chi connectivity index (χ2v) is 6.02. The van der Waals surface area contributed by atoms with Crippen molar-refractivity contribution in [1.29, 1.82) is 0 Å². The van der Waals surface area contributed by atoms with E-state index in [1.54, 1.807) is 9.80 Å². The first kappa shape index (κ1) is 14.1. The lowest BCUT2D eigenvalue weighted by Crippen LogP contribution is -2.62. The fourth-order valence-electron chi connectivity index (χ4n) is 3.76. The van der Waals surface area contributed by atoms with Gasteiger partial charge in [0.15, 0.2) is 0 Å². The molecule has 3 unspecified atom stereocenters.